The van der Waals surface area contributed by atoms with Crippen molar-refractivity contribution in [2.24, 2.45) is 5.92 Å². The van der Waals surface area contributed by atoms with Crippen LogP contribution in [0.1, 0.15) is 26.5 Å². The van der Waals surface area contributed by atoms with E-state index in [2.05, 4.69) is 30.7 Å². The van der Waals surface area contributed by atoms with Crippen LogP contribution in [0.25, 0.3) is 0 Å². The summed E-state index contributed by atoms with van der Waals surface area (Å²) >= 11 is 5.49. The van der Waals surface area contributed by atoms with Crippen molar-refractivity contribution >= 4 is 11.6 Å². The van der Waals surface area contributed by atoms with E-state index in [4.69, 9.17) is 11.6 Å². The summed E-state index contributed by atoms with van der Waals surface area (Å²) in [5.74, 6) is 0.833. The number of hydrogen-bond acceptors (Lipinski definition) is 2. The molecule has 1 aromatic rings. The molecule has 0 fully saturated rings. The number of nitrogens with zero attached hydrogens (tertiary/aromatic N) is 2. The lowest BCUT2D eigenvalue weighted by molar-refractivity contribution is 0.737. The van der Waals surface area contributed by atoms with Crippen LogP contribution in [0.3, 0.4) is 0 Å². The van der Waals surface area contributed by atoms with Gasteiger partial charge in [0.2, 0.25) is 0 Å². The zero-order chi connectivity index (χ0) is 9.56. The highest BCUT2D eigenvalue weighted by atomic mass is 35.5. The molecule has 68 valence electrons. The zero-order valence-electron chi connectivity index (χ0n) is 8.00. The minimum atomic E-state index is 0.498. The molecule has 0 N–H and O–H groups in total. The van der Waals surface area contributed by atoms with E-state index in [0.29, 0.717) is 5.15 Å². The fourth-order valence-corrected chi connectivity index (χ4v) is 0.624. The number of aromatic nitrogens is 2. The molecule has 0 bridgehead atoms. The third-order valence-electron chi connectivity index (χ3n) is 0.770. The molecule has 0 unspecified atom stereocenters. The first kappa shape index (κ1) is 11.4. The minimum absolute atomic E-state index is 0.498. The second-order valence-corrected chi connectivity index (χ2v) is 3.60. The molecule has 1 heterocycles. The van der Waals surface area contributed by atoms with Gasteiger partial charge in [-0.15, -0.1) is 0 Å². The maximum Gasteiger partial charge on any atom is 0.132 e. The SMILES string of the molecule is CC(C)C.Cc1cc(Cl)ncn1. The summed E-state index contributed by atoms with van der Waals surface area (Å²) in [7, 11) is 0. The molecular weight excluding hydrogens is 172 g/mol. The molecule has 12 heavy (non-hydrogen) atoms. The molecule has 0 aliphatic heterocycles. The lowest BCUT2D eigenvalue weighted by atomic mass is 10.3. The van der Waals surface area contributed by atoms with Crippen molar-refractivity contribution in [1.82, 2.24) is 9.97 Å². The van der Waals surface area contributed by atoms with Gasteiger partial charge in [-0.1, -0.05) is 32.4 Å². The number of halogens is 1. The van der Waals surface area contributed by atoms with Gasteiger partial charge in [0.25, 0.3) is 0 Å². The molecule has 3 heteroatoms. The van der Waals surface area contributed by atoms with E-state index in [9.17, 15) is 0 Å². The summed E-state index contributed by atoms with van der Waals surface area (Å²) in [6.07, 6.45) is 1.44. The Balaban J connectivity index is 0.000000261. The number of aryl methyl sites for hydroxylation is 1. The van der Waals surface area contributed by atoms with Crippen molar-refractivity contribution in [1.29, 1.82) is 0 Å². The maximum absolute atomic E-state index is 5.49. The van der Waals surface area contributed by atoms with Crippen LogP contribution in [0.5, 0.6) is 0 Å². The summed E-state index contributed by atoms with van der Waals surface area (Å²) in [4.78, 5) is 7.54. The standard InChI is InChI=1S/C5H5ClN2.C4H10/c1-4-2-5(6)8-3-7-4;1-4(2)3/h2-3H,1H3;4H,1-3H3. The van der Waals surface area contributed by atoms with E-state index in [0.717, 1.165) is 11.6 Å². The largest absolute Gasteiger partial charge is 0.242 e. The van der Waals surface area contributed by atoms with Gasteiger partial charge >= 0.3 is 0 Å². The monoisotopic (exact) mass is 186 g/mol. The molecule has 0 amide bonds. The van der Waals surface area contributed by atoms with Crippen molar-refractivity contribution in [2.45, 2.75) is 27.7 Å². The van der Waals surface area contributed by atoms with Gasteiger partial charge in [-0.25, -0.2) is 9.97 Å². The summed E-state index contributed by atoms with van der Waals surface area (Å²) in [5, 5.41) is 0.498. The third kappa shape index (κ3) is 7.48. The van der Waals surface area contributed by atoms with E-state index in [-0.39, 0.29) is 0 Å². The molecule has 0 aromatic carbocycles. The van der Waals surface area contributed by atoms with Crippen molar-refractivity contribution in [3.8, 4) is 0 Å². The van der Waals surface area contributed by atoms with Crippen LogP contribution in [-0.4, -0.2) is 9.97 Å². The summed E-state index contributed by atoms with van der Waals surface area (Å²) < 4.78 is 0. The van der Waals surface area contributed by atoms with E-state index < -0.39 is 0 Å². The second-order valence-electron chi connectivity index (χ2n) is 3.21. The Kier molecular flexibility index (Phi) is 5.64. The Hall–Kier alpha value is -0.630. The molecular formula is C9H15ClN2. The van der Waals surface area contributed by atoms with Gasteiger partial charge in [-0.2, -0.15) is 0 Å². The first-order valence-corrected chi connectivity index (χ1v) is 4.34. The number of hydrogen-bond donors (Lipinski definition) is 0. The first-order chi connectivity index (χ1) is 5.52. The van der Waals surface area contributed by atoms with Crippen LogP contribution in [0.2, 0.25) is 5.15 Å². The van der Waals surface area contributed by atoms with E-state index >= 15 is 0 Å². The molecule has 0 spiro atoms. The lowest BCUT2D eigenvalue weighted by Crippen LogP contribution is -1.80. The molecule has 1 aromatic heterocycles. The predicted octanol–water partition coefficient (Wildman–Crippen LogP) is 3.10. The highest BCUT2D eigenvalue weighted by Crippen LogP contribution is 2.01. The average molecular weight is 187 g/mol. The van der Waals surface area contributed by atoms with Crippen LogP contribution < -0.4 is 0 Å². The van der Waals surface area contributed by atoms with Crippen LogP contribution in [0.15, 0.2) is 12.4 Å². The Morgan fingerprint density at radius 3 is 2.00 bits per heavy atom. The third-order valence-corrected chi connectivity index (χ3v) is 0.977. The van der Waals surface area contributed by atoms with E-state index in [1.165, 1.54) is 6.33 Å². The highest BCUT2D eigenvalue weighted by Gasteiger charge is 1.85. The van der Waals surface area contributed by atoms with Gasteiger partial charge in [0.1, 0.15) is 11.5 Å². The van der Waals surface area contributed by atoms with E-state index in [1.54, 1.807) is 6.07 Å². The normalized spacial score (nSPS) is 9.17. The van der Waals surface area contributed by atoms with E-state index in [1.807, 2.05) is 6.92 Å². The Labute approximate surface area is 79.0 Å². The Morgan fingerprint density at radius 2 is 1.75 bits per heavy atom. The molecule has 0 saturated carbocycles. The Bertz CT molecular complexity index is 204. The topological polar surface area (TPSA) is 25.8 Å². The molecule has 1 rings (SSSR count). The van der Waals surface area contributed by atoms with Crippen molar-refractivity contribution < 1.29 is 0 Å². The molecule has 0 aliphatic rings. The average Bonchev–Trinajstić information content (AvgIpc) is 1.84. The smallest absolute Gasteiger partial charge is 0.132 e. The molecule has 0 radical (unpaired) electrons. The lowest BCUT2D eigenvalue weighted by Gasteiger charge is -1.87. The van der Waals surface area contributed by atoms with Crippen LogP contribution in [0.4, 0.5) is 0 Å². The molecule has 0 aliphatic carbocycles. The predicted molar refractivity (Wildman–Crippen MR) is 52.3 cm³/mol. The van der Waals surface area contributed by atoms with Crippen molar-refractivity contribution in [3.63, 3.8) is 0 Å². The fourth-order valence-electron chi connectivity index (χ4n) is 0.422. The van der Waals surface area contributed by atoms with Gasteiger partial charge < -0.3 is 0 Å². The molecule has 0 saturated heterocycles. The minimum Gasteiger partial charge on any atom is -0.242 e. The molecule has 2 nitrogen and oxygen atoms in total. The van der Waals surface area contributed by atoms with Crippen LogP contribution in [0, 0.1) is 12.8 Å². The Morgan fingerprint density at radius 1 is 1.25 bits per heavy atom. The van der Waals surface area contributed by atoms with Gasteiger partial charge in [0.15, 0.2) is 0 Å². The first-order valence-electron chi connectivity index (χ1n) is 3.96. The van der Waals surface area contributed by atoms with Crippen molar-refractivity contribution in [2.75, 3.05) is 0 Å². The van der Waals surface area contributed by atoms with Gasteiger partial charge in [-0.3, -0.25) is 0 Å². The fraction of sp³-hybridized carbons (Fsp3) is 0.556. The van der Waals surface area contributed by atoms with Gasteiger partial charge in [0, 0.05) is 5.69 Å². The summed E-state index contributed by atoms with van der Waals surface area (Å²) in [6.45, 7) is 8.37. The molecule has 0 atom stereocenters. The summed E-state index contributed by atoms with van der Waals surface area (Å²) in [5.41, 5.74) is 0.894. The van der Waals surface area contributed by atoms with Crippen LogP contribution in [-0.2, 0) is 0 Å². The maximum atomic E-state index is 5.49. The highest BCUT2D eigenvalue weighted by molar-refractivity contribution is 6.29. The van der Waals surface area contributed by atoms with Crippen molar-refractivity contribution in [3.05, 3.63) is 23.2 Å². The number of rotatable bonds is 0. The zero-order valence-corrected chi connectivity index (χ0v) is 8.76. The van der Waals surface area contributed by atoms with Gasteiger partial charge in [0.05, 0.1) is 0 Å². The summed E-state index contributed by atoms with van der Waals surface area (Å²) in [6, 6.07) is 1.71. The van der Waals surface area contributed by atoms with Gasteiger partial charge in [-0.05, 0) is 18.9 Å². The quantitative estimate of drug-likeness (QED) is 0.582. The second kappa shape index (κ2) is 5.95. The van der Waals surface area contributed by atoms with Crippen LogP contribution >= 0.6 is 11.6 Å².